The Morgan fingerprint density at radius 1 is 1.09 bits per heavy atom. The summed E-state index contributed by atoms with van der Waals surface area (Å²) >= 11 is 0. The molecule has 0 radical (unpaired) electrons. The zero-order valence-electron chi connectivity index (χ0n) is 19.0. The molecule has 1 N–H and O–H groups in total. The molecule has 1 fully saturated rings. The van der Waals surface area contributed by atoms with Crippen LogP contribution in [-0.2, 0) is 6.42 Å². The monoisotopic (exact) mass is 440 g/mol. The first-order valence-electron chi connectivity index (χ1n) is 11.9. The fourth-order valence-corrected chi connectivity index (χ4v) is 5.79. The van der Waals surface area contributed by atoms with Crippen molar-refractivity contribution < 1.29 is 0 Å². The van der Waals surface area contributed by atoms with Crippen LogP contribution in [0.2, 0.25) is 0 Å². The molecule has 2 aromatic heterocycles. The van der Waals surface area contributed by atoms with Gasteiger partial charge in [0.05, 0.1) is 11.6 Å². The number of fused-ring (bicyclic) bond motifs is 2. The molecule has 168 valence electrons. The summed E-state index contributed by atoms with van der Waals surface area (Å²) in [6.45, 7) is 4.24. The number of H-pyrrole nitrogens is 1. The fourth-order valence-electron chi connectivity index (χ4n) is 5.79. The van der Waals surface area contributed by atoms with E-state index in [9.17, 15) is 4.79 Å². The van der Waals surface area contributed by atoms with Crippen LogP contribution in [0, 0.1) is 6.92 Å². The maximum absolute atomic E-state index is 13.6. The fraction of sp³-hybridized carbons (Fsp3) is 0.385. The molecule has 2 atom stereocenters. The number of aromatic nitrogens is 5. The molecular weight excluding hydrogens is 412 g/mol. The summed E-state index contributed by atoms with van der Waals surface area (Å²) < 4.78 is 1.99. The number of hydrogen-bond donors (Lipinski definition) is 1. The minimum atomic E-state index is -0.368. The SMILES string of the molecule is Cc1cccc2cc([C@H](c3nnnn3C3CCCC3)N3c4ccccc4C[C@H]3C)c(=O)[nH]c12. The lowest BCUT2D eigenvalue weighted by molar-refractivity contribution is 0.423. The van der Waals surface area contributed by atoms with Gasteiger partial charge in [0.15, 0.2) is 5.82 Å². The Morgan fingerprint density at radius 2 is 1.91 bits per heavy atom. The number of rotatable bonds is 4. The summed E-state index contributed by atoms with van der Waals surface area (Å²) in [6.07, 6.45) is 5.46. The van der Waals surface area contributed by atoms with Crippen molar-refractivity contribution >= 4 is 16.6 Å². The Morgan fingerprint density at radius 3 is 2.76 bits per heavy atom. The Labute approximate surface area is 192 Å². The second-order valence-electron chi connectivity index (χ2n) is 9.50. The van der Waals surface area contributed by atoms with Gasteiger partial charge in [0.1, 0.15) is 6.04 Å². The van der Waals surface area contributed by atoms with Crippen LogP contribution in [-0.4, -0.2) is 31.2 Å². The van der Waals surface area contributed by atoms with Crippen LogP contribution in [0.1, 0.15) is 67.2 Å². The van der Waals surface area contributed by atoms with Crippen LogP contribution in [0.15, 0.2) is 53.3 Å². The third-order valence-corrected chi connectivity index (χ3v) is 7.38. The summed E-state index contributed by atoms with van der Waals surface area (Å²) in [5.41, 5.74) is 4.99. The molecule has 4 aromatic rings. The Kier molecular flexibility index (Phi) is 4.78. The second kappa shape index (κ2) is 7.83. The Hall–Kier alpha value is -3.48. The minimum absolute atomic E-state index is 0.0839. The van der Waals surface area contributed by atoms with Gasteiger partial charge in [-0.25, -0.2) is 4.68 Å². The lowest BCUT2D eigenvalue weighted by Gasteiger charge is -2.34. The lowest BCUT2D eigenvalue weighted by Crippen LogP contribution is -2.39. The number of nitrogens with zero attached hydrogens (tertiary/aromatic N) is 5. The third kappa shape index (κ3) is 3.25. The largest absolute Gasteiger partial charge is 0.354 e. The molecular formula is C26H28N6O. The summed E-state index contributed by atoms with van der Waals surface area (Å²) in [4.78, 5) is 19.1. The predicted octanol–water partition coefficient (Wildman–Crippen LogP) is 4.48. The van der Waals surface area contributed by atoms with E-state index in [0.29, 0.717) is 5.56 Å². The average Bonchev–Trinajstić information content (AvgIpc) is 3.55. The number of tetrazole rings is 1. The van der Waals surface area contributed by atoms with Crippen molar-refractivity contribution in [2.24, 2.45) is 0 Å². The van der Waals surface area contributed by atoms with Crippen molar-refractivity contribution in [1.82, 2.24) is 25.2 Å². The van der Waals surface area contributed by atoms with Crippen LogP contribution in [0.3, 0.4) is 0 Å². The Balaban J connectivity index is 1.59. The zero-order valence-corrected chi connectivity index (χ0v) is 19.0. The first kappa shape index (κ1) is 20.1. The van der Waals surface area contributed by atoms with E-state index in [-0.39, 0.29) is 23.7 Å². The van der Waals surface area contributed by atoms with Crippen molar-refractivity contribution in [3.05, 3.63) is 81.4 Å². The number of para-hydroxylation sites is 2. The maximum atomic E-state index is 13.6. The molecule has 2 aliphatic rings. The first-order valence-corrected chi connectivity index (χ1v) is 11.9. The maximum Gasteiger partial charge on any atom is 0.254 e. The minimum Gasteiger partial charge on any atom is -0.354 e. The molecule has 33 heavy (non-hydrogen) atoms. The predicted molar refractivity (Wildman–Crippen MR) is 129 cm³/mol. The van der Waals surface area contributed by atoms with Crippen LogP contribution in [0.25, 0.3) is 10.9 Å². The highest BCUT2D eigenvalue weighted by atomic mass is 16.1. The van der Waals surface area contributed by atoms with Crippen molar-refractivity contribution in [2.75, 3.05) is 4.90 Å². The molecule has 0 amide bonds. The molecule has 7 heteroatoms. The molecule has 0 saturated heterocycles. The van der Waals surface area contributed by atoms with E-state index in [1.165, 1.54) is 18.4 Å². The van der Waals surface area contributed by atoms with Gasteiger partial charge in [-0.1, -0.05) is 49.2 Å². The number of aryl methyl sites for hydroxylation is 1. The first-order chi connectivity index (χ1) is 16.1. The van der Waals surface area contributed by atoms with Crippen LogP contribution < -0.4 is 10.5 Å². The van der Waals surface area contributed by atoms with Crippen molar-refractivity contribution in [3.63, 3.8) is 0 Å². The number of pyridine rings is 1. The molecule has 7 nitrogen and oxygen atoms in total. The van der Waals surface area contributed by atoms with Crippen molar-refractivity contribution in [3.8, 4) is 0 Å². The van der Waals surface area contributed by atoms with Gasteiger partial charge in [-0.15, -0.1) is 5.10 Å². The van der Waals surface area contributed by atoms with Gasteiger partial charge in [-0.3, -0.25) is 4.79 Å². The molecule has 0 bridgehead atoms. The van der Waals surface area contributed by atoms with Gasteiger partial charge in [-0.05, 0) is 72.2 Å². The zero-order chi connectivity index (χ0) is 22.5. The molecule has 2 aromatic carbocycles. The molecule has 0 unspecified atom stereocenters. The van der Waals surface area contributed by atoms with E-state index < -0.39 is 0 Å². The van der Waals surface area contributed by atoms with E-state index >= 15 is 0 Å². The topological polar surface area (TPSA) is 79.7 Å². The summed E-state index contributed by atoms with van der Waals surface area (Å²) in [5, 5.41) is 14.1. The van der Waals surface area contributed by atoms with E-state index in [1.54, 1.807) is 0 Å². The molecule has 0 spiro atoms. The summed E-state index contributed by atoms with van der Waals surface area (Å²) in [6, 6.07) is 16.8. The van der Waals surface area contributed by atoms with Gasteiger partial charge >= 0.3 is 0 Å². The molecule has 1 aliphatic heterocycles. The van der Waals surface area contributed by atoms with E-state index in [4.69, 9.17) is 0 Å². The highest BCUT2D eigenvalue weighted by Crippen LogP contribution is 2.42. The van der Waals surface area contributed by atoms with E-state index in [1.807, 2.05) is 29.8 Å². The van der Waals surface area contributed by atoms with Crippen LogP contribution >= 0.6 is 0 Å². The molecule has 1 aliphatic carbocycles. The average molecular weight is 441 g/mol. The lowest BCUT2D eigenvalue weighted by atomic mass is 10.0. The number of aromatic amines is 1. The van der Waals surface area contributed by atoms with Crippen LogP contribution in [0.5, 0.6) is 0 Å². The standard InChI is InChI=1S/C26H28N6O/c1-16-8-7-10-19-15-21(26(33)27-23(16)19)24(25-28-29-30-32(25)20-11-4-5-12-20)31-17(2)14-18-9-3-6-13-22(18)31/h3,6-10,13,15,17,20,24H,4-5,11-12,14H2,1-2H3,(H,27,33)/t17-,24-/m1/s1. The highest BCUT2D eigenvalue weighted by molar-refractivity contribution is 5.82. The van der Waals surface area contributed by atoms with E-state index in [2.05, 4.69) is 62.7 Å². The highest BCUT2D eigenvalue weighted by Gasteiger charge is 2.39. The van der Waals surface area contributed by atoms with Crippen molar-refractivity contribution in [1.29, 1.82) is 0 Å². The smallest absolute Gasteiger partial charge is 0.254 e. The van der Waals surface area contributed by atoms with Crippen molar-refractivity contribution in [2.45, 2.75) is 64.1 Å². The summed E-state index contributed by atoms with van der Waals surface area (Å²) in [7, 11) is 0. The molecule has 3 heterocycles. The number of anilines is 1. The number of nitrogens with one attached hydrogen (secondary N) is 1. The number of hydrogen-bond acceptors (Lipinski definition) is 5. The third-order valence-electron chi connectivity index (χ3n) is 7.38. The second-order valence-corrected chi connectivity index (χ2v) is 9.50. The molecule has 1 saturated carbocycles. The Bertz CT molecular complexity index is 1380. The molecule has 6 rings (SSSR count). The van der Waals surface area contributed by atoms with Gasteiger partial charge in [0, 0.05) is 17.3 Å². The van der Waals surface area contributed by atoms with Gasteiger partial charge < -0.3 is 9.88 Å². The van der Waals surface area contributed by atoms with Gasteiger partial charge in [0.25, 0.3) is 5.56 Å². The quantitative estimate of drug-likeness (QED) is 0.506. The summed E-state index contributed by atoms with van der Waals surface area (Å²) in [5.74, 6) is 0.753. The van der Waals surface area contributed by atoms with Gasteiger partial charge in [-0.2, -0.15) is 0 Å². The van der Waals surface area contributed by atoms with Crippen LogP contribution in [0.4, 0.5) is 5.69 Å². The van der Waals surface area contributed by atoms with Gasteiger partial charge in [0.2, 0.25) is 0 Å². The van der Waals surface area contributed by atoms with E-state index in [0.717, 1.165) is 47.2 Å². The number of benzene rings is 2. The normalized spacial score (nSPS) is 19.3.